The standard InChI is InChI=1S/C20H19ClFN3O3/c1-3-8-28-19-15(21)9-13(10-18(19)27-2)20(26)24-14-4-5-17(16(22)11-14)25-7-6-23-12-25/h4-7,9-12H,3,8H2,1-2H3,(H,24,26). The molecule has 0 aliphatic rings. The summed E-state index contributed by atoms with van der Waals surface area (Å²) in [6.07, 6.45) is 5.49. The Hall–Kier alpha value is -3.06. The van der Waals surface area contributed by atoms with Gasteiger partial charge in [0.05, 0.1) is 30.8 Å². The van der Waals surface area contributed by atoms with Gasteiger partial charge < -0.3 is 19.4 Å². The Morgan fingerprint density at radius 1 is 1.32 bits per heavy atom. The van der Waals surface area contributed by atoms with E-state index in [4.69, 9.17) is 21.1 Å². The number of halogens is 2. The van der Waals surface area contributed by atoms with Crippen molar-refractivity contribution in [1.82, 2.24) is 9.55 Å². The molecule has 0 radical (unpaired) electrons. The van der Waals surface area contributed by atoms with Gasteiger partial charge in [0.1, 0.15) is 5.82 Å². The zero-order chi connectivity index (χ0) is 20.1. The summed E-state index contributed by atoms with van der Waals surface area (Å²) in [5.41, 5.74) is 0.912. The van der Waals surface area contributed by atoms with Crippen LogP contribution in [0.15, 0.2) is 49.1 Å². The monoisotopic (exact) mass is 403 g/mol. The molecule has 0 aliphatic heterocycles. The van der Waals surface area contributed by atoms with Crippen LogP contribution in [0, 0.1) is 5.82 Å². The number of methoxy groups -OCH3 is 1. The van der Waals surface area contributed by atoms with Gasteiger partial charge >= 0.3 is 0 Å². The minimum atomic E-state index is -0.491. The van der Waals surface area contributed by atoms with Gasteiger partial charge in [0.15, 0.2) is 11.5 Å². The van der Waals surface area contributed by atoms with Crippen molar-refractivity contribution in [3.8, 4) is 17.2 Å². The quantitative estimate of drug-likeness (QED) is 0.620. The maximum absolute atomic E-state index is 14.4. The first kappa shape index (κ1) is 19.7. The number of aromatic nitrogens is 2. The molecule has 1 aromatic heterocycles. The summed E-state index contributed by atoms with van der Waals surface area (Å²) in [6.45, 7) is 2.45. The van der Waals surface area contributed by atoms with Crippen LogP contribution < -0.4 is 14.8 Å². The Kier molecular flexibility index (Phi) is 6.16. The molecule has 1 heterocycles. The van der Waals surface area contributed by atoms with Gasteiger partial charge in [-0.1, -0.05) is 18.5 Å². The van der Waals surface area contributed by atoms with Crippen LogP contribution in [0.2, 0.25) is 5.02 Å². The van der Waals surface area contributed by atoms with Crippen LogP contribution in [-0.2, 0) is 0 Å². The van der Waals surface area contributed by atoms with E-state index in [1.807, 2.05) is 6.92 Å². The topological polar surface area (TPSA) is 65.4 Å². The van der Waals surface area contributed by atoms with Crippen LogP contribution in [0.3, 0.4) is 0 Å². The molecule has 146 valence electrons. The molecule has 0 spiro atoms. The Morgan fingerprint density at radius 3 is 2.79 bits per heavy atom. The highest BCUT2D eigenvalue weighted by atomic mass is 35.5. The number of imidazole rings is 1. The smallest absolute Gasteiger partial charge is 0.255 e. The van der Waals surface area contributed by atoms with E-state index < -0.39 is 11.7 Å². The summed E-state index contributed by atoms with van der Waals surface area (Å²) in [5.74, 6) is -0.196. The third-order valence-corrected chi connectivity index (χ3v) is 4.21. The normalized spacial score (nSPS) is 10.6. The van der Waals surface area contributed by atoms with Crippen LogP contribution in [-0.4, -0.2) is 29.2 Å². The SMILES string of the molecule is CCCOc1c(Cl)cc(C(=O)Nc2ccc(-n3ccnc3)c(F)c2)cc1OC. The molecule has 8 heteroatoms. The Morgan fingerprint density at radius 2 is 2.14 bits per heavy atom. The number of hydrogen-bond acceptors (Lipinski definition) is 4. The molecule has 0 saturated heterocycles. The molecular weight excluding hydrogens is 385 g/mol. The average molecular weight is 404 g/mol. The van der Waals surface area contributed by atoms with E-state index in [1.54, 1.807) is 29.1 Å². The lowest BCUT2D eigenvalue weighted by atomic mass is 10.1. The maximum atomic E-state index is 14.4. The van der Waals surface area contributed by atoms with E-state index in [9.17, 15) is 9.18 Å². The first-order valence-electron chi connectivity index (χ1n) is 8.63. The molecule has 1 N–H and O–H groups in total. The van der Waals surface area contributed by atoms with Crippen LogP contribution in [0.1, 0.15) is 23.7 Å². The lowest BCUT2D eigenvalue weighted by Gasteiger charge is -2.14. The molecule has 2 aromatic carbocycles. The van der Waals surface area contributed by atoms with Gasteiger partial charge in [0, 0.05) is 23.6 Å². The van der Waals surface area contributed by atoms with Gasteiger partial charge in [0.25, 0.3) is 5.91 Å². The molecule has 6 nitrogen and oxygen atoms in total. The molecule has 0 bridgehead atoms. The number of ether oxygens (including phenoxy) is 2. The van der Waals surface area contributed by atoms with Gasteiger partial charge in [-0.25, -0.2) is 9.37 Å². The largest absolute Gasteiger partial charge is 0.493 e. The van der Waals surface area contributed by atoms with Crippen molar-refractivity contribution in [3.63, 3.8) is 0 Å². The Balaban J connectivity index is 1.81. The third-order valence-electron chi connectivity index (χ3n) is 3.93. The highest BCUT2D eigenvalue weighted by Gasteiger charge is 2.16. The highest BCUT2D eigenvalue weighted by Crippen LogP contribution is 2.36. The summed E-state index contributed by atoms with van der Waals surface area (Å²) >= 11 is 6.25. The fourth-order valence-electron chi connectivity index (χ4n) is 2.59. The molecule has 0 unspecified atom stereocenters. The van der Waals surface area contributed by atoms with E-state index in [1.165, 1.54) is 31.6 Å². The number of nitrogens with one attached hydrogen (secondary N) is 1. The maximum Gasteiger partial charge on any atom is 0.255 e. The second kappa shape index (κ2) is 8.75. The van der Waals surface area contributed by atoms with Gasteiger partial charge in [-0.05, 0) is 36.8 Å². The van der Waals surface area contributed by atoms with Gasteiger partial charge in [0.2, 0.25) is 0 Å². The number of nitrogens with zero attached hydrogens (tertiary/aromatic N) is 2. The molecule has 1 amide bonds. The van der Waals surface area contributed by atoms with E-state index >= 15 is 0 Å². The van der Waals surface area contributed by atoms with Crippen molar-refractivity contribution in [2.75, 3.05) is 19.0 Å². The van der Waals surface area contributed by atoms with Crippen molar-refractivity contribution < 1.29 is 18.7 Å². The Labute approximate surface area is 166 Å². The predicted molar refractivity (Wildman–Crippen MR) is 105 cm³/mol. The predicted octanol–water partition coefficient (Wildman–Crippen LogP) is 4.71. The van der Waals surface area contributed by atoms with Crippen LogP contribution in [0.4, 0.5) is 10.1 Å². The summed E-state index contributed by atoms with van der Waals surface area (Å²) in [5, 5.41) is 2.92. The van der Waals surface area contributed by atoms with Crippen molar-refractivity contribution in [3.05, 3.63) is 65.5 Å². The number of rotatable bonds is 7. The zero-order valence-electron chi connectivity index (χ0n) is 15.4. The summed E-state index contributed by atoms with van der Waals surface area (Å²) in [7, 11) is 1.47. The van der Waals surface area contributed by atoms with Crippen molar-refractivity contribution in [1.29, 1.82) is 0 Å². The highest BCUT2D eigenvalue weighted by molar-refractivity contribution is 6.32. The molecule has 0 fully saturated rings. The number of carbonyl (C=O) groups is 1. The molecular formula is C20H19ClFN3O3. The second-order valence-corrected chi connectivity index (χ2v) is 6.34. The fraction of sp³-hybridized carbons (Fsp3) is 0.200. The molecule has 0 aliphatic carbocycles. The van der Waals surface area contributed by atoms with Gasteiger partial charge in [-0.2, -0.15) is 0 Å². The van der Waals surface area contributed by atoms with Crippen molar-refractivity contribution in [2.45, 2.75) is 13.3 Å². The van der Waals surface area contributed by atoms with Crippen LogP contribution in [0.25, 0.3) is 5.69 Å². The van der Waals surface area contributed by atoms with E-state index in [0.29, 0.717) is 29.5 Å². The van der Waals surface area contributed by atoms with E-state index in [0.717, 1.165) is 6.42 Å². The minimum absolute atomic E-state index is 0.264. The van der Waals surface area contributed by atoms with Crippen LogP contribution >= 0.6 is 11.6 Å². The molecule has 0 atom stereocenters. The number of hydrogen-bond donors (Lipinski definition) is 1. The zero-order valence-corrected chi connectivity index (χ0v) is 16.2. The number of carbonyl (C=O) groups excluding carboxylic acids is 1. The summed E-state index contributed by atoms with van der Waals surface area (Å²) in [4.78, 5) is 16.5. The average Bonchev–Trinajstić information content (AvgIpc) is 3.21. The van der Waals surface area contributed by atoms with Gasteiger partial charge in [-0.3, -0.25) is 4.79 Å². The lowest BCUT2D eigenvalue weighted by Crippen LogP contribution is -2.13. The first-order chi connectivity index (χ1) is 13.5. The molecule has 28 heavy (non-hydrogen) atoms. The summed E-state index contributed by atoms with van der Waals surface area (Å²) < 4.78 is 26.8. The van der Waals surface area contributed by atoms with Crippen molar-refractivity contribution >= 4 is 23.2 Å². The fourth-order valence-corrected chi connectivity index (χ4v) is 2.86. The van der Waals surface area contributed by atoms with Crippen molar-refractivity contribution in [2.24, 2.45) is 0 Å². The van der Waals surface area contributed by atoms with Crippen LogP contribution in [0.5, 0.6) is 11.5 Å². The Bertz CT molecular complexity index is 977. The first-order valence-corrected chi connectivity index (χ1v) is 9.00. The number of anilines is 1. The molecule has 3 aromatic rings. The van der Waals surface area contributed by atoms with Gasteiger partial charge in [-0.15, -0.1) is 0 Å². The minimum Gasteiger partial charge on any atom is -0.493 e. The lowest BCUT2D eigenvalue weighted by molar-refractivity contribution is 0.102. The summed E-state index contributed by atoms with van der Waals surface area (Å²) in [6, 6.07) is 7.42. The van der Waals surface area contributed by atoms with E-state index in [-0.39, 0.29) is 10.6 Å². The molecule has 3 rings (SSSR count). The van der Waals surface area contributed by atoms with E-state index in [2.05, 4.69) is 10.3 Å². The number of benzene rings is 2. The molecule has 0 saturated carbocycles. The number of amides is 1. The second-order valence-electron chi connectivity index (χ2n) is 5.93. The third kappa shape index (κ3) is 4.26.